The first-order valence-electron chi connectivity index (χ1n) is 6.59. The van der Waals surface area contributed by atoms with Gasteiger partial charge in [-0.2, -0.15) is 0 Å². The van der Waals surface area contributed by atoms with Crippen LogP contribution in [0.1, 0.15) is 38.1 Å². The van der Waals surface area contributed by atoms with Crippen LogP contribution in [0.5, 0.6) is 0 Å². The molecule has 1 aromatic heterocycles. The fourth-order valence-corrected chi connectivity index (χ4v) is 2.53. The van der Waals surface area contributed by atoms with E-state index in [4.69, 9.17) is 0 Å². The quantitative estimate of drug-likeness (QED) is 0.856. The molecule has 1 amide bonds. The van der Waals surface area contributed by atoms with Gasteiger partial charge in [0.1, 0.15) is 6.04 Å². The zero-order chi connectivity index (χ0) is 14.0. The molecule has 1 aliphatic rings. The van der Waals surface area contributed by atoms with Crippen LogP contribution in [0.4, 0.5) is 0 Å². The van der Waals surface area contributed by atoms with E-state index in [0.717, 1.165) is 24.2 Å². The predicted octanol–water partition coefficient (Wildman–Crippen LogP) is 1.18. The Morgan fingerprint density at radius 2 is 2.37 bits per heavy atom. The molecule has 0 bridgehead atoms. The van der Waals surface area contributed by atoms with E-state index in [2.05, 4.69) is 9.97 Å². The largest absolute Gasteiger partial charge is 0.480 e. The topological polar surface area (TPSA) is 86.3 Å². The molecule has 2 atom stereocenters. The van der Waals surface area contributed by atoms with Crippen molar-refractivity contribution in [1.29, 1.82) is 0 Å². The highest BCUT2D eigenvalue weighted by Gasteiger charge is 2.37. The van der Waals surface area contributed by atoms with Gasteiger partial charge < -0.3 is 15.0 Å². The minimum absolute atomic E-state index is 0.0884. The number of rotatable bonds is 4. The minimum Gasteiger partial charge on any atom is -0.480 e. The summed E-state index contributed by atoms with van der Waals surface area (Å²) in [6.07, 6.45) is 3.51. The van der Waals surface area contributed by atoms with Gasteiger partial charge in [-0.05, 0) is 6.42 Å². The Morgan fingerprint density at radius 3 is 3.00 bits per heavy atom. The van der Waals surface area contributed by atoms with Gasteiger partial charge in [0, 0.05) is 12.3 Å². The van der Waals surface area contributed by atoms with Crippen molar-refractivity contribution in [3.63, 3.8) is 0 Å². The lowest BCUT2D eigenvalue weighted by Gasteiger charge is -2.34. The fraction of sp³-hybridized carbons (Fsp3) is 0.615. The minimum atomic E-state index is -0.967. The summed E-state index contributed by atoms with van der Waals surface area (Å²) in [7, 11) is 0. The highest BCUT2D eigenvalue weighted by molar-refractivity contribution is 5.85. The molecule has 19 heavy (non-hydrogen) atoms. The number of fused-ring (bicyclic) bond motifs is 1. The van der Waals surface area contributed by atoms with Gasteiger partial charge in [-0.25, -0.2) is 9.78 Å². The predicted molar refractivity (Wildman–Crippen MR) is 68.3 cm³/mol. The van der Waals surface area contributed by atoms with Crippen LogP contribution in [0.3, 0.4) is 0 Å². The molecule has 0 fully saturated rings. The first-order chi connectivity index (χ1) is 9.04. The summed E-state index contributed by atoms with van der Waals surface area (Å²) >= 11 is 0. The van der Waals surface area contributed by atoms with E-state index in [1.54, 1.807) is 6.33 Å². The molecule has 0 aromatic carbocycles. The average Bonchev–Trinajstić information content (AvgIpc) is 2.83. The smallest absolute Gasteiger partial charge is 0.326 e. The van der Waals surface area contributed by atoms with Gasteiger partial charge in [0.05, 0.1) is 24.3 Å². The van der Waals surface area contributed by atoms with E-state index in [0.29, 0.717) is 6.54 Å². The van der Waals surface area contributed by atoms with Crippen LogP contribution in [0.2, 0.25) is 0 Å². The molecule has 2 heterocycles. The maximum absolute atomic E-state index is 12.4. The maximum atomic E-state index is 12.4. The number of aromatic amines is 1. The Labute approximate surface area is 111 Å². The van der Waals surface area contributed by atoms with Crippen molar-refractivity contribution in [1.82, 2.24) is 14.9 Å². The Morgan fingerprint density at radius 1 is 1.63 bits per heavy atom. The second kappa shape index (κ2) is 5.42. The number of nitrogens with one attached hydrogen (secondary N) is 1. The molecule has 104 valence electrons. The molecule has 0 spiro atoms. The summed E-state index contributed by atoms with van der Waals surface area (Å²) in [6.45, 7) is 4.17. The van der Waals surface area contributed by atoms with E-state index in [1.165, 1.54) is 4.90 Å². The Bertz CT molecular complexity index is 483. The van der Waals surface area contributed by atoms with Crippen LogP contribution in [-0.2, 0) is 22.6 Å². The number of carboxylic acids is 1. The number of hydrogen-bond donors (Lipinski definition) is 2. The molecule has 2 rings (SSSR count). The van der Waals surface area contributed by atoms with Gasteiger partial charge in [-0.15, -0.1) is 0 Å². The van der Waals surface area contributed by atoms with Gasteiger partial charge in [0.2, 0.25) is 5.91 Å². The molecule has 0 saturated heterocycles. The van der Waals surface area contributed by atoms with E-state index in [9.17, 15) is 14.7 Å². The molecule has 2 unspecified atom stereocenters. The van der Waals surface area contributed by atoms with Gasteiger partial charge in [0.15, 0.2) is 0 Å². The lowest BCUT2D eigenvalue weighted by molar-refractivity contribution is -0.153. The fourth-order valence-electron chi connectivity index (χ4n) is 2.53. The van der Waals surface area contributed by atoms with Gasteiger partial charge in [-0.1, -0.05) is 20.3 Å². The maximum Gasteiger partial charge on any atom is 0.326 e. The van der Waals surface area contributed by atoms with Crippen molar-refractivity contribution in [3.8, 4) is 0 Å². The van der Waals surface area contributed by atoms with Crippen LogP contribution in [0.25, 0.3) is 0 Å². The summed E-state index contributed by atoms with van der Waals surface area (Å²) in [5, 5.41) is 9.30. The molecular formula is C13H19N3O3. The third-order valence-corrected chi connectivity index (χ3v) is 3.61. The SMILES string of the molecule is CCCC(C)C(=O)N1Cc2[nH]cnc2CC1C(=O)O. The van der Waals surface area contributed by atoms with E-state index in [1.807, 2.05) is 13.8 Å². The Balaban J connectivity index is 2.22. The highest BCUT2D eigenvalue weighted by atomic mass is 16.4. The Hall–Kier alpha value is -1.85. The van der Waals surface area contributed by atoms with Crippen LogP contribution < -0.4 is 0 Å². The van der Waals surface area contributed by atoms with Crippen molar-refractivity contribution in [2.45, 2.75) is 45.7 Å². The standard InChI is InChI=1S/C13H19N3O3/c1-3-4-8(2)12(17)16-6-10-9(14-7-15-10)5-11(16)13(18)19/h7-8,11H,3-6H2,1-2H3,(H,14,15)(H,18,19). The van der Waals surface area contributed by atoms with Crippen molar-refractivity contribution < 1.29 is 14.7 Å². The second-order valence-corrected chi connectivity index (χ2v) is 5.04. The van der Waals surface area contributed by atoms with Crippen molar-refractivity contribution >= 4 is 11.9 Å². The van der Waals surface area contributed by atoms with Crippen LogP contribution in [0.15, 0.2) is 6.33 Å². The third-order valence-electron chi connectivity index (χ3n) is 3.61. The van der Waals surface area contributed by atoms with Crippen molar-refractivity contribution in [2.75, 3.05) is 0 Å². The van der Waals surface area contributed by atoms with Crippen LogP contribution in [-0.4, -0.2) is 37.9 Å². The number of carbonyl (C=O) groups excluding carboxylic acids is 1. The number of hydrogen-bond acceptors (Lipinski definition) is 3. The number of nitrogens with zero attached hydrogens (tertiary/aromatic N) is 2. The molecule has 2 N–H and O–H groups in total. The number of imidazole rings is 1. The van der Waals surface area contributed by atoms with Crippen LogP contribution in [0, 0.1) is 5.92 Å². The molecule has 6 heteroatoms. The number of aliphatic carboxylic acids is 1. The van der Waals surface area contributed by atoms with Crippen LogP contribution >= 0.6 is 0 Å². The molecule has 0 aliphatic carbocycles. The molecule has 1 aliphatic heterocycles. The number of carbonyl (C=O) groups is 2. The van der Waals surface area contributed by atoms with Crippen molar-refractivity contribution in [3.05, 3.63) is 17.7 Å². The summed E-state index contributed by atoms with van der Waals surface area (Å²) in [5.74, 6) is -1.20. The second-order valence-electron chi connectivity index (χ2n) is 5.04. The molecule has 6 nitrogen and oxygen atoms in total. The zero-order valence-electron chi connectivity index (χ0n) is 11.2. The first kappa shape index (κ1) is 13.6. The van der Waals surface area contributed by atoms with E-state index >= 15 is 0 Å². The van der Waals surface area contributed by atoms with Gasteiger partial charge in [0.25, 0.3) is 0 Å². The number of H-pyrrole nitrogens is 1. The summed E-state index contributed by atoms with van der Waals surface area (Å²) in [5.41, 5.74) is 1.59. The average molecular weight is 265 g/mol. The molecular weight excluding hydrogens is 246 g/mol. The summed E-state index contributed by atoms with van der Waals surface area (Å²) in [6, 6.07) is -0.803. The molecule has 0 saturated carbocycles. The normalized spacial score (nSPS) is 19.9. The van der Waals surface area contributed by atoms with E-state index < -0.39 is 12.0 Å². The molecule has 1 aromatic rings. The first-order valence-corrected chi connectivity index (χ1v) is 6.59. The number of aromatic nitrogens is 2. The summed E-state index contributed by atoms with van der Waals surface area (Å²) in [4.78, 5) is 32.3. The Kier molecular flexibility index (Phi) is 3.87. The molecule has 0 radical (unpaired) electrons. The van der Waals surface area contributed by atoms with Gasteiger partial charge in [-0.3, -0.25) is 4.79 Å². The zero-order valence-corrected chi connectivity index (χ0v) is 11.2. The monoisotopic (exact) mass is 265 g/mol. The van der Waals surface area contributed by atoms with Crippen molar-refractivity contribution in [2.24, 2.45) is 5.92 Å². The van der Waals surface area contributed by atoms with Gasteiger partial charge >= 0.3 is 5.97 Å². The lowest BCUT2D eigenvalue weighted by Crippen LogP contribution is -2.50. The summed E-state index contributed by atoms with van der Waals surface area (Å²) < 4.78 is 0. The lowest BCUT2D eigenvalue weighted by atomic mass is 9.98. The third kappa shape index (κ3) is 2.62. The van der Waals surface area contributed by atoms with E-state index in [-0.39, 0.29) is 18.2 Å². The number of amides is 1. The number of carboxylic acid groups (broad SMARTS) is 1. The highest BCUT2D eigenvalue weighted by Crippen LogP contribution is 2.23.